The molecule has 0 nitrogen and oxygen atoms in total. The van der Waals surface area contributed by atoms with Crippen LogP contribution in [0.25, 0.3) is 10.8 Å². The third kappa shape index (κ3) is 1.12. The normalized spacial score (nSPS) is 15.5. The molecule has 0 radical (unpaired) electrons. The molecule has 0 spiro atoms. The maximum absolute atomic E-state index is 7.28. The van der Waals surface area contributed by atoms with Gasteiger partial charge in [-0.25, -0.2) is 0 Å². The van der Waals surface area contributed by atoms with E-state index in [2.05, 4.69) is 0 Å². The maximum Gasteiger partial charge on any atom is 0.0280 e. The molecule has 0 aliphatic carbocycles. The molecule has 0 aliphatic heterocycles. The molecule has 0 bridgehead atoms. The number of fused-ring (bicyclic) bond motifs is 1. The van der Waals surface area contributed by atoms with Gasteiger partial charge in [0.2, 0.25) is 0 Å². The minimum absolute atomic E-state index is 0.399. The third-order valence-electron chi connectivity index (χ3n) is 1.75. The van der Waals surface area contributed by atoms with Crippen LogP contribution in [0.1, 0.15) is 9.68 Å². The van der Waals surface area contributed by atoms with Crippen molar-refractivity contribution in [1.82, 2.24) is 0 Å². The topological polar surface area (TPSA) is 0 Å². The molecule has 0 amide bonds. The van der Waals surface area contributed by atoms with E-state index in [0.717, 1.165) is 10.8 Å². The first-order valence-electron chi connectivity index (χ1n) is 5.07. The molecule has 0 N–H and O–H groups in total. The lowest BCUT2D eigenvalue weighted by molar-refractivity contribution is 1.51. The molecule has 0 heteroatoms. The Morgan fingerprint density at radius 1 is 1.00 bits per heavy atom. The van der Waals surface area contributed by atoms with Gasteiger partial charge < -0.3 is 0 Å². The van der Waals surface area contributed by atoms with Crippen LogP contribution in [0.4, 0.5) is 0 Å². The van der Waals surface area contributed by atoms with Gasteiger partial charge in [0.1, 0.15) is 0 Å². The Morgan fingerprint density at radius 3 is 2.64 bits per heavy atom. The summed E-state index contributed by atoms with van der Waals surface area (Å²) in [5.74, 6) is 0. The lowest BCUT2D eigenvalue weighted by Crippen LogP contribution is -1.73. The van der Waals surface area contributed by atoms with Crippen LogP contribution < -0.4 is 0 Å². The number of rotatable bonds is 0. The first-order valence-corrected chi connectivity index (χ1v) is 3.57. The predicted molar refractivity (Wildman–Crippen MR) is 48.7 cm³/mol. The molecule has 2 aromatic rings. The van der Waals surface area contributed by atoms with E-state index in [9.17, 15) is 0 Å². The monoisotopic (exact) mass is 145 g/mol. The van der Waals surface area contributed by atoms with Gasteiger partial charge in [-0.05, 0) is 17.6 Å². The summed E-state index contributed by atoms with van der Waals surface area (Å²) in [6, 6.07) is 13.0. The molecule has 0 saturated carbocycles. The lowest BCUT2D eigenvalue weighted by atomic mass is 10.1. The van der Waals surface area contributed by atoms with Gasteiger partial charge in [-0.2, -0.15) is 0 Å². The van der Waals surface area contributed by atoms with Crippen LogP contribution in [0, 0.1) is 6.85 Å². The molecule has 0 aromatic heterocycles. The van der Waals surface area contributed by atoms with Crippen LogP contribution in [-0.4, -0.2) is 0 Å². The van der Waals surface area contributed by atoms with Crippen molar-refractivity contribution in [3.05, 3.63) is 48.0 Å². The van der Waals surface area contributed by atoms with Gasteiger partial charge in [-0.1, -0.05) is 48.0 Å². The highest BCUT2D eigenvalue weighted by Gasteiger charge is 1.89. The number of hydrogen-bond acceptors (Lipinski definition) is 0. The van der Waals surface area contributed by atoms with Crippen LogP contribution in [0.15, 0.2) is 42.5 Å². The van der Waals surface area contributed by atoms with Crippen LogP contribution in [-0.2, 0) is 0 Å². The summed E-state index contributed by atoms with van der Waals surface area (Å²) in [7, 11) is 0. The second kappa shape index (κ2) is 2.39. The van der Waals surface area contributed by atoms with Crippen molar-refractivity contribution < 1.29 is 4.11 Å². The second-order valence-corrected chi connectivity index (χ2v) is 2.56. The standard InChI is InChI=1S/C11H10/c1-9-6-7-10-4-2-3-5-11(10)8-9/h2-8H,1H3/i1D3. The molecule has 2 aromatic carbocycles. The van der Waals surface area contributed by atoms with Gasteiger partial charge in [0.15, 0.2) is 0 Å². The molecule has 0 saturated heterocycles. The smallest absolute Gasteiger partial charge is 0.0280 e. The summed E-state index contributed by atoms with van der Waals surface area (Å²) >= 11 is 0. The van der Waals surface area contributed by atoms with Gasteiger partial charge in [0.25, 0.3) is 0 Å². The second-order valence-electron chi connectivity index (χ2n) is 2.56. The zero-order valence-electron chi connectivity index (χ0n) is 9.04. The largest absolute Gasteiger partial charge is 0.0616 e. The summed E-state index contributed by atoms with van der Waals surface area (Å²) in [4.78, 5) is 0. The molecular formula is C11H10. The highest BCUT2D eigenvalue weighted by Crippen LogP contribution is 2.14. The SMILES string of the molecule is [2H]C([2H])([2H])c1ccc2ccccc2c1. The van der Waals surface area contributed by atoms with E-state index in [0.29, 0.717) is 5.56 Å². The van der Waals surface area contributed by atoms with Crippen LogP contribution in [0.3, 0.4) is 0 Å². The zero-order chi connectivity index (χ0) is 10.2. The van der Waals surface area contributed by atoms with E-state index in [1.807, 2.05) is 30.3 Å². The van der Waals surface area contributed by atoms with Crippen molar-refractivity contribution in [2.24, 2.45) is 0 Å². The van der Waals surface area contributed by atoms with E-state index in [4.69, 9.17) is 4.11 Å². The number of aryl methyl sites for hydroxylation is 1. The van der Waals surface area contributed by atoms with Gasteiger partial charge in [0.05, 0.1) is 0 Å². The van der Waals surface area contributed by atoms with Gasteiger partial charge in [-0.3, -0.25) is 0 Å². The van der Waals surface area contributed by atoms with Crippen molar-refractivity contribution in [3.63, 3.8) is 0 Å². The summed E-state index contributed by atoms with van der Waals surface area (Å²) in [6.07, 6.45) is 0. The fourth-order valence-electron chi connectivity index (χ4n) is 1.19. The number of hydrogen-bond donors (Lipinski definition) is 0. The summed E-state index contributed by atoms with van der Waals surface area (Å²) in [6.45, 7) is -2.01. The fraction of sp³-hybridized carbons (Fsp3) is 0.0909. The van der Waals surface area contributed by atoms with Crippen molar-refractivity contribution >= 4 is 10.8 Å². The molecule has 2 rings (SSSR count). The molecule has 11 heavy (non-hydrogen) atoms. The minimum Gasteiger partial charge on any atom is -0.0616 e. The zero-order valence-corrected chi connectivity index (χ0v) is 6.04. The van der Waals surface area contributed by atoms with E-state index in [1.165, 1.54) is 0 Å². The van der Waals surface area contributed by atoms with Gasteiger partial charge in [-0.15, -0.1) is 0 Å². The number of benzene rings is 2. The quantitative estimate of drug-likeness (QED) is 0.534. The Hall–Kier alpha value is -1.30. The summed E-state index contributed by atoms with van der Waals surface area (Å²) < 4.78 is 21.8. The Labute approximate surface area is 70.7 Å². The molecule has 0 aliphatic rings. The maximum atomic E-state index is 7.28. The third-order valence-corrected chi connectivity index (χ3v) is 1.75. The van der Waals surface area contributed by atoms with E-state index >= 15 is 0 Å². The Bertz CT molecular complexity index is 457. The average Bonchev–Trinajstić information content (AvgIpc) is 2.16. The van der Waals surface area contributed by atoms with E-state index in [1.54, 1.807) is 12.1 Å². The highest BCUT2D eigenvalue weighted by molar-refractivity contribution is 5.82. The predicted octanol–water partition coefficient (Wildman–Crippen LogP) is 3.15. The molecular weight excluding hydrogens is 132 g/mol. The molecule has 54 valence electrons. The van der Waals surface area contributed by atoms with E-state index < -0.39 is 6.85 Å². The highest BCUT2D eigenvalue weighted by atomic mass is 13.9. The first kappa shape index (κ1) is 3.91. The molecule has 0 fully saturated rings. The lowest BCUT2D eigenvalue weighted by Gasteiger charge is -1.96. The molecule has 0 atom stereocenters. The first-order chi connectivity index (χ1) is 6.57. The molecule has 0 heterocycles. The summed E-state index contributed by atoms with van der Waals surface area (Å²) in [5.41, 5.74) is 0.399. The Morgan fingerprint density at radius 2 is 1.82 bits per heavy atom. The van der Waals surface area contributed by atoms with Gasteiger partial charge in [0, 0.05) is 4.11 Å². The van der Waals surface area contributed by atoms with Crippen molar-refractivity contribution in [2.75, 3.05) is 0 Å². The molecule has 0 unspecified atom stereocenters. The van der Waals surface area contributed by atoms with Crippen molar-refractivity contribution in [2.45, 2.75) is 6.85 Å². The van der Waals surface area contributed by atoms with Crippen molar-refractivity contribution in [3.8, 4) is 0 Å². The van der Waals surface area contributed by atoms with Crippen LogP contribution in [0.2, 0.25) is 0 Å². The van der Waals surface area contributed by atoms with Crippen LogP contribution >= 0.6 is 0 Å². The average molecular weight is 145 g/mol. The Kier molecular flexibility index (Phi) is 0.849. The van der Waals surface area contributed by atoms with Crippen LogP contribution in [0.5, 0.6) is 0 Å². The minimum atomic E-state index is -2.01. The van der Waals surface area contributed by atoms with Gasteiger partial charge >= 0.3 is 0 Å². The fourth-order valence-corrected chi connectivity index (χ4v) is 1.19. The Balaban J connectivity index is 2.63. The van der Waals surface area contributed by atoms with E-state index in [-0.39, 0.29) is 0 Å². The summed E-state index contributed by atoms with van der Waals surface area (Å²) in [5, 5.41) is 2.04. The van der Waals surface area contributed by atoms with Crippen molar-refractivity contribution in [1.29, 1.82) is 0 Å².